The van der Waals surface area contributed by atoms with Gasteiger partial charge < -0.3 is 20.0 Å². The number of hydrogen-bond donors (Lipinski definition) is 2. The summed E-state index contributed by atoms with van der Waals surface area (Å²) in [7, 11) is 0. The van der Waals surface area contributed by atoms with Gasteiger partial charge in [-0.15, -0.1) is 0 Å². The lowest BCUT2D eigenvalue weighted by molar-refractivity contribution is -0.142. The SMILES string of the molecule is CCN(CC(C)(C)O)C(=O)N1CC(C)C(C(=O)O)C1. The van der Waals surface area contributed by atoms with Crippen LogP contribution < -0.4 is 0 Å². The van der Waals surface area contributed by atoms with Crippen molar-refractivity contribution in [3.05, 3.63) is 0 Å². The highest BCUT2D eigenvalue weighted by atomic mass is 16.4. The van der Waals surface area contributed by atoms with Gasteiger partial charge in [0.15, 0.2) is 0 Å². The topological polar surface area (TPSA) is 81.1 Å². The Hall–Kier alpha value is -1.30. The molecule has 2 amide bonds. The number of likely N-dealkylation sites (N-methyl/N-ethyl adjacent to an activating group) is 1. The van der Waals surface area contributed by atoms with Crippen molar-refractivity contribution in [3.63, 3.8) is 0 Å². The summed E-state index contributed by atoms with van der Waals surface area (Å²) < 4.78 is 0. The Kier molecular flexibility index (Phi) is 4.79. The number of amides is 2. The van der Waals surface area contributed by atoms with E-state index in [1.165, 1.54) is 0 Å². The minimum atomic E-state index is -0.955. The summed E-state index contributed by atoms with van der Waals surface area (Å²) in [6, 6.07) is -0.194. The number of aliphatic hydroxyl groups is 1. The predicted molar refractivity (Wildman–Crippen MR) is 70.8 cm³/mol. The quantitative estimate of drug-likeness (QED) is 0.795. The van der Waals surface area contributed by atoms with Crippen molar-refractivity contribution in [3.8, 4) is 0 Å². The van der Waals surface area contributed by atoms with Crippen LogP contribution in [0.4, 0.5) is 4.79 Å². The molecule has 2 unspecified atom stereocenters. The molecule has 0 radical (unpaired) electrons. The third-order valence-electron chi connectivity index (χ3n) is 3.43. The van der Waals surface area contributed by atoms with E-state index in [2.05, 4.69) is 0 Å². The normalized spacial score (nSPS) is 23.5. The van der Waals surface area contributed by atoms with Crippen LogP contribution in [0.25, 0.3) is 0 Å². The zero-order valence-corrected chi connectivity index (χ0v) is 12.1. The van der Waals surface area contributed by atoms with Crippen molar-refractivity contribution in [1.82, 2.24) is 9.80 Å². The number of nitrogens with zero attached hydrogens (tertiary/aromatic N) is 2. The highest BCUT2D eigenvalue weighted by Gasteiger charge is 2.38. The van der Waals surface area contributed by atoms with Gasteiger partial charge in [0, 0.05) is 19.6 Å². The van der Waals surface area contributed by atoms with E-state index in [9.17, 15) is 14.7 Å². The van der Waals surface area contributed by atoms with Gasteiger partial charge in [-0.1, -0.05) is 6.92 Å². The number of carboxylic acids is 1. The maximum absolute atomic E-state index is 12.3. The zero-order chi connectivity index (χ0) is 14.8. The molecule has 1 fully saturated rings. The monoisotopic (exact) mass is 272 g/mol. The van der Waals surface area contributed by atoms with Crippen LogP contribution in [0, 0.1) is 11.8 Å². The minimum Gasteiger partial charge on any atom is -0.481 e. The molecule has 0 aromatic carbocycles. The first-order valence-corrected chi connectivity index (χ1v) is 6.64. The molecule has 1 aliphatic heterocycles. The van der Waals surface area contributed by atoms with E-state index >= 15 is 0 Å². The van der Waals surface area contributed by atoms with Crippen LogP contribution in [-0.4, -0.2) is 63.8 Å². The van der Waals surface area contributed by atoms with Crippen molar-refractivity contribution < 1.29 is 19.8 Å². The fourth-order valence-electron chi connectivity index (χ4n) is 2.43. The van der Waals surface area contributed by atoms with Gasteiger partial charge in [-0.05, 0) is 26.7 Å². The van der Waals surface area contributed by atoms with Crippen LogP contribution in [0.2, 0.25) is 0 Å². The van der Waals surface area contributed by atoms with E-state index in [0.717, 1.165) is 0 Å². The Bertz CT molecular complexity index is 351. The van der Waals surface area contributed by atoms with Crippen LogP contribution in [0.15, 0.2) is 0 Å². The molecule has 1 saturated heterocycles. The van der Waals surface area contributed by atoms with Gasteiger partial charge in [0.2, 0.25) is 0 Å². The Morgan fingerprint density at radius 2 is 1.95 bits per heavy atom. The summed E-state index contributed by atoms with van der Waals surface area (Å²) >= 11 is 0. The number of rotatable bonds is 4. The fraction of sp³-hybridized carbons (Fsp3) is 0.846. The average Bonchev–Trinajstić information content (AvgIpc) is 2.66. The molecule has 0 aromatic rings. The van der Waals surface area contributed by atoms with E-state index in [1.807, 2.05) is 13.8 Å². The third-order valence-corrected chi connectivity index (χ3v) is 3.43. The van der Waals surface area contributed by atoms with Gasteiger partial charge in [-0.2, -0.15) is 0 Å². The van der Waals surface area contributed by atoms with Gasteiger partial charge in [-0.25, -0.2) is 4.79 Å². The van der Waals surface area contributed by atoms with Crippen molar-refractivity contribution in [1.29, 1.82) is 0 Å². The van der Waals surface area contributed by atoms with Crippen molar-refractivity contribution in [2.24, 2.45) is 11.8 Å². The molecule has 0 saturated carbocycles. The third kappa shape index (κ3) is 4.09. The Morgan fingerprint density at radius 3 is 2.32 bits per heavy atom. The zero-order valence-electron chi connectivity index (χ0n) is 12.1. The van der Waals surface area contributed by atoms with E-state index in [0.29, 0.717) is 13.1 Å². The first-order valence-electron chi connectivity index (χ1n) is 6.64. The second-order valence-electron chi connectivity index (χ2n) is 5.94. The lowest BCUT2D eigenvalue weighted by Gasteiger charge is -2.31. The number of aliphatic carboxylic acids is 1. The number of hydrogen-bond acceptors (Lipinski definition) is 3. The lowest BCUT2D eigenvalue weighted by Crippen LogP contribution is -2.48. The number of carbonyl (C=O) groups excluding carboxylic acids is 1. The van der Waals surface area contributed by atoms with Crippen molar-refractivity contribution in [2.75, 3.05) is 26.2 Å². The maximum atomic E-state index is 12.3. The highest BCUT2D eigenvalue weighted by Crippen LogP contribution is 2.24. The lowest BCUT2D eigenvalue weighted by atomic mass is 9.99. The number of carbonyl (C=O) groups is 2. The molecule has 0 aromatic heterocycles. The molecule has 6 nitrogen and oxygen atoms in total. The van der Waals surface area contributed by atoms with Crippen LogP contribution in [0.3, 0.4) is 0 Å². The molecule has 1 aliphatic rings. The molecule has 0 bridgehead atoms. The maximum Gasteiger partial charge on any atom is 0.320 e. The first-order chi connectivity index (χ1) is 8.65. The molecule has 2 atom stereocenters. The Labute approximate surface area is 114 Å². The number of urea groups is 1. The molecule has 0 spiro atoms. The van der Waals surface area contributed by atoms with Gasteiger partial charge in [0.25, 0.3) is 0 Å². The van der Waals surface area contributed by atoms with Crippen LogP contribution in [-0.2, 0) is 4.79 Å². The van der Waals surface area contributed by atoms with Crippen LogP contribution >= 0.6 is 0 Å². The molecule has 1 heterocycles. The van der Waals surface area contributed by atoms with E-state index in [1.54, 1.807) is 23.6 Å². The second kappa shape index (κ2) is 5.77. The van der Waals surface area contributed by atoms with Gasteiger partial charge in [-0.3, -0.25) is 4.79 Å². The molecular formula is C13H24N2O4. The fourth-order valence-corrected chi connectivity index (χ4v) is 2.43. The molecule has 2 N–H and O–H groups in total. The summed E-state index contributed by atoms with van der Waals surface area (Å²) in [6.45, 7) is 8.42. The van der Waals surface area contributed by atoms with Crippen LogP contribution in [0.1, 0.15) is 27.7 Å². The molecule has 1 rings (SSSR count). The first kappa shape index (κ1) is 15.8. The predicted octanol–water partition coefficient (Wildman–Crippen LogP) is 0.852. The molecule has 0 aliphatic carbocycles. The smallest absolute Gasteiger partial charge is 0.320 e. The Balaban J connectivity index is 2.70. The number of likely N-dealkylation sites (tertiary alicyclic amines) is 1. The second-order valence-corrected chi connectivity index (χ2v) is 5.94. The summed E-state index contributed by atoms with van der Waals surface area (Å²) in [5, 5.41) is 18.9. The molecular weight excluding hydrogens is 248 g/mol. The van der Waals surface area contributed by atoms with Crippen molar-refractivity contribution in [2.45, 2.75) is 33.3 Å². The van der Waals surface area contributed by atoms with Gasteiger partial charge >= 0.3 is 12.0 Å². The number of carboxylic acid groups (broad SMARTS) is 1. The van der Waals surface area contributed by atoms with E-state index in [-0.39, 0.29) is 25.0 Å². The minimum absolute atomic E-state index is 0.0395. The largest absolute Gasteiger partial charge is 0.481 e. The summed E-state index contributed by atoms with van der Waals surface area (Å²) in [4.78, 5) is 26.5. The standard InChI is InChI=1S/C13H24N2O4/c1-5-14(8-13(3,4)19)12(18)15-6-9(2)10(7-15)11(16)17/h9-10,19H,5-8H2,1-4H3,(H,16,17). The molecule has 19 heavy (non-hydrogen) atoms. The van der Waals surface area contributed by atoms with E-state index < -0.39 is 17.5 Å². The average molecular weight is 272 g/mol. The van der Waals surface area contributed by atoms with Crippen LogP contribution in [0.5, 0.6) is 0 Å². The van der Waals surface area contributed by atoms with Gasteiger partial charge in [0.05, 0.1) is 18.1 Å². The Morgan fingerprint density at radius 1 is 1.37 bits per heavy atom. The summed E-state index contributed by atoms with van der Waals surface area (Å²) in [5.74, 6) is -1.39. The van der Waals surface area contributed by atoms with E-state index in [4.69, 9.17) is 5.11 Å². The van der Waals surface area contributed by atoms with Crippen molar-refractivity contribution >= 4 is 12.0 Å². The summed E-state index contributed by atoms with van der Waals surface area (Å²) in [5.41, 5.74) is -0.955. The highest BCUT2D eigenvalue weighted by molar-refractivity contribution is 5.77. The summed E-state index contributed by atoms with van der Waals surface area (Å²) in [6.07, 6.45) is 0. The molecule has 6 heteroatoms. The van der Waals surface area contributed by atoms with Gasteiger partial charge in [0.1, 0.15) is 0 Å². The molecule has 110 valence electrons.